The average molecular weight is 340 g/mol. The minimum absolute atomic E-state index is 0.0267. The minimum atomic E-state index is -0.0267. The Balaban J connectivity index is 1.95. The second-order valence-electron chi connectivity index (χ2n) is 6.35. The molecular formula is C21H28N2O2. The molecule has 0 aliphatic rings. The van der Waals surface area contributed by atoms with Gasteiger partial charge in [-0.1, -0.05) is 36.4 Å². The van der Waals surface area contributed by atoms with E-state index in [-0.39, 0.29) is 12.1 Å². The molecule has 1 N–H and O–H groups in total. The molecule has 4 nitrogen and oxygen atoms in total. The lowest BCUT2D eigenvalue weighted by molar-refractivity contribution is 0.194. The zero-order chi connectivity index (χ0) is 18.2. The molecule has 0 radical (unpaired) electrons. The van der Waals surface area contributed by atoms with Crippen LogP contribution in [0.25, 0.3) is 0 Å². The first-order chi connectivity index (χ1) is 12.0. The summed E-state index contributed by atoms with van der Waals surface area (Å²) >= 11 is 0. The van der Waals surface area contributed by atoms with Crippen LogP contribution >= 0.6 is 0 Å². The molecule has 0 saturated carbocycles. The lowest BCUT2D eigenvalue weighted by Crippen LogP contribution is -2.44. The molecule has 4 heteroatoms. The van der Waals surface area contributed by atoms with Gasteiger partial charge in [0.25, 0.3) is 0 Å². The van der Waals surface area contributed by atoms with Gasteiger partial charge in [0.2, 0.25) is 0 Å². The second kappa shape index (κ2) is 9.11. The fraction of sp³-hybridized carbons (Fsp3) is 0.381. The Hall–Kier alpha value is -2.49. The van der Waals surface area contributed by atoms with Crippen molar-refractivity contribution in [2.75, 3.05) is 13.7 Å². The third kappa shape index (κ3) is 5.52. The molecule has 0 saturated heterocycles. The van der Waals surface area contributed by atoms with Crippen LogP contribution < -0.4 is 10.1 Å². The summed E-state index contributed by atoms with van der Waals surface area (Å²) in [4.78, 5) is 14.4. The molecule has 0 fully saturated rings. The molecule has 0 aliphatic heterocycles. The first-order valence-corrected chi connectivity index (χ1v) is 8.76. The van der Waals surface area contributed by atoms with Gasteiger partial charge in [-0.05, 0) is 56.0 Å². The number of amides is 2. The second-order valence-corrected chi connectivity index (χ2v) is 6.35. The van der Waals surface area contributed by atoms with E-state index in [0.29, 0.717) is 13.1 Å². The van der Waals surface area contributed by atoms with E-state index in [0.717, 1.165) is 17.7 Å². The normalized spacial score (nSPS) is 11.7. The van der Waals surface area contributed by atoms with Gasteiger partial charge in [0, 0.05) is 19.1 Å². The highest BCUT2D eigenvalue weighted by Gasteiger charge is 2.15. The van der Waals surface area contributed by atoms with Gasteiger partial charge in [-0.15, -0.1) is 0 Å². The van der Waals surface area contributed by atoms with Crippen molar-refractivity contribution < 1.29 is 9.53 Å². The SMILES string of the molecule is CCN(Cc1ccccc1C)C(=O)NC(C)Cc1cccc(OC)c1. The van der Waals surface area contributed by atoms with Crippen molar-refractivity contribution in [3.05, 3.63) is 65.2 Å². The van der Waals surface area contributed by atoms with Gasteiger partial charge in [-0.25, -0.2) is 4.79 Å². The number of carbonyl (C=O) groups excluding carboxylic acids is 1. The van der Waals surface area contributed by atoms with E-state index < -0.39 is 0 Å². The molecule has 0 aromatic heterocycles. The molecule has 0 spiro atoms. The molecule has 0 heterocycles. The fourth-order valence-corrected chi connectivity index (χ4v) is 2.83. The van der Waals surface area contributed by atoms with Crippen molar-refractivity contribution in [2.45, 2.75) is 39.8 Å². The zero-order valence-electron chi connectivity index (χ0n) is 15.6. The standard InChI is InChI=1S/C21H28N2O2/c1-5-23(15-19-11-7-6-9-16(19)2)21(24)22-17(3)13-18-10-8-12-20(14-18)25-4/h6-12,14,17H,5,13,15H2,1-4H3,(H,22,24). The van der Waals surface area contributed by atoms with E-state index in [9.17, 15) is 4.79 Å². The maximum Gasteiger partial charge on any atom is 0.317 e. The van der Waals surface area contributed by atoms with Crippen molar-refractivity contribution in [1.82, 2.24) is 10.2 Å². The monoisotopic (exact) mass is 340 g/mol. The number of methoxy groups -OCH3 is 1. The van der Waals surface area contributed by atoms with Crippen LogP contribution in [0.3, 0.4) is 0 Å². The predicted molar refractivity (Wildman–Crippen MR) is 102 cm³/mol. The lowest BCUT2D eigenvalue weighted by atomic mass is 10.1. The summed E-state index contributed by atoms with van der Waals surface area (Å²) in [5, 5.41) is 3.10. The molecule has 1 atom stereocenters. The van der Waals surface area contributed by atoms with Crippen molar-refractivity contribution in [1.29, 1.82) is 0 Å². The molecular weight excluding hydrogens is 312 g/mol. The van der Waals surface area contributed by atoms with Crippen molar-refractivity contribution in [2.24, 2.45) is 0 Å². The van der Waals surface area contributed by atoms with Crippen molar-refractivity contribution in [3.63, 3.8) is 0 Å². The molecule has 2 rings (SSSR count). The number of ether oxygens (including phenoxy) is 1. The molecule has 0 bridgehead atoms. The average Bonchev–Trinajstić information content (AvgIpc) is 2.61. The maximum atomic E-state index is 12.6. The first kappa shape index (κ1) is 18.8. The van der Waals surface area contributed by atoms with Gasteiger partial charge in [0.05, 0.1) is 7.11 Å². The summed E-state index contributed by atoms with van der Waals surface area (Å²) in [5.74, 6) is 0.839. The topological polar surface area (TPSA) is 41.6 Å². The fourth-order valence-electron chi connectivity index (χ4n) is 2.83. The predicted octanol–water partition coefficient (Wildman–Crippen LogP) is 4.17. The van der Waals surface area contributed by atoms with Crippen LogP contribution in [-0.2, 0) is 13.0 Å². The van der Waals surface area contributed by atoms with E-state index >= 15 is 0 Å². The van der Waals surface area contributed by atoms with E-state index in [2.05, 4.69) is 30.4 Å². The molecule has 2 amide bonds. The highest BCUT2D eigenvalue weighted by molar-refractivity contribution is 5.74. The molecule has 2 aromatic rings. The number of benzene rings is 2. The molecule has 0 aliphatic carbocycles. The Kier molecular flexibility index (Phi) is 6.87. The number of rotatable bonds is 7. The maximum absolute atomic E-state index is 12.6. The van der Waals surface area contributed by atoms with Crippen LogP contribution in [0.15, 0.2) is 48.5 Å². The van der Waals surface area contributed by atoms with Crippen LogP contribution in [0, 0.1) is 6.92 Å². The smallest absolute Gasteiger partial charge is 0.317 e. The Morgan fingerprint density at radius 3 is 2.64 bits per heavy atom. The summed E-state index contributed by atoms with van der Waals surface area (Å²) in [7, 11) is 1.66. The molecule has 25 heavy (non-hydrogen) atoms. The van der Waals surface area contributed by atoms with Gasteiger partial charge in [-0.2, -0.15) is 0 Å². The van der Waals surface area contributed by atoms with Crippen LogP contribution in [-0.4, -0.2) is 30.6 Å². The van der Waals surface area contributed by atoms with Crippen molar-refractivity contribution >= 4 is 6.03 Å². The summed E-state index contributed by atoms with van der Waals surface area (Å²) in [6.45, 7) is 7.41. The summed E-state index contributed by atoms with van der Waals surface area (Å²) in [6, 6.07) is 16.2. The minimum Gasteiger partial charge on any atom is -0.497 e. The van der Waals surface area contributed by atoms with E-state index in [1.54, 1.807) is 7.11 Å². The highest BCUT2D eigenvalue weighted by Crippen LogP contribution is 2.14. The number of carbonyl (C=O) groups is 1. The van der Waals surface area contributed by atoms with Crippen LogP contribution in [0.5, 0.6) is 5.75 Å². The largest absolute Gasteiger partial charge is 0.497 e. The molecule has 1 unspecified atom stereocenters. The lowest BCUT2D eigenvalue weighted by Gasteiger charge is -2.25. The number of nitrogens with zero attached hydrogens (tertiary/aromatic N) is 1. The molecule has 134 valence electrons. The zero-order valence-corrected chi connectivity index (χ0v) is 15.6. The number of urea groups is 1. The van der Waals surface area contributed by atoms with Crippen LogP contribution in [0.1, 0.15) is 30.5 Å². The van der Waals surface area contributed by atoms with Gasteiger partial charge in [0.1, 0.15) is 5.75 Å². The Bertz CT molecular complexity index is 700. The van der Waals surface area contributed by atoms with Gasteiger partial charge < -0.3 is 15.0 Å². The van der Waals surface area contributed by atoms with Gasteiger partial charge in [0.15, 0.2) is 0 Å². The number of hydrogen-bond acceptors (Lipinski definition) is 2. The number of hydrogen-bond donors (Lipinski definition) is 1. The van der Waals surface area contributed by atoms with E-state index in [4.69, 9.17) is 4.74 Å². The molecule has 2 aromatic carbocycles. The third-order valence-corrected chi connectivity index (χ3v) is 4.34. The van der Waals surface area contributed by atoms with Gasteiger partial charge >= 0.3 is 6.03 Å². The van der Waals surface area contributed by atoms with Crippen molar-refractivity contribution in [3.8, 4) is 5.75 Å². The number of aryl methyl sites for hydroxylation is 1. The third-order valence-electron chi connectivity index (χ3n) is 4.34. The Morgan fingerprint density at radius 2 is 1.96 bits per heavy atom. The summed E-state index contributed by atoms with van der Waals surface area (Å²) < 4.78 is 5.26. The summed E-state index contributed by atoms with van der Waals surface area (Å²) in [5.41, 5.74) is 3.53. The van der Waals surface area contributed by atoms with Crippen LogP contribution in [0.2, 0.25) is 0 Å². The Morgan fingerprint density at radius 1 is 1.20 bits per heavy atom. The summed E-state index contributed by atoms with van der Waals surface area (Å²) in [6.07, 6.45) is 0.769. The quantitative estimate of drug-likeness (QED) is 0.822. The Labute approximate surface area is 150 Å². The van der Waals surface area contributed by atoms with Gasteiger partial charge in [-0.3, -0.25) is 0 Å². The van der Waals surface area contributed by atoms with Crippen LogP contribution in [0.4, 0.5) is 4.79 Å². The number of nitrogens with one attached hydrogen (secondary N) is 1. The van der Waals surface area contributed by atoms with E-state index in [1.807, 2.05) is 49.1 Å². The first-order valence-electron chi connectivity index (χ1n) is 8.76. The van der Waals surface area contributed by atoms with E-state index in [1.165, 1.54) is 11.1 Å². The highest BCUT2D eigenvalue weighted by atomic mass is 16.5.